The lowest BCUT2D eigenvalue weighted by molar-refractivity contribution is 0.711. The molecule has 6 rings (SSSR count). The molecule has 0 N–H and O–H groups in total. The molecule has 0 amide bonds. The third kappa shape index (κ3) is 3.58. The molecule has 3 aromatic heterocycles. The SMILES string of the molecule is Cc1cc(C)cc(-n2c3nc4ccccc4nc3c3c(=O)n(Cc4ccc(Cl)cc4)c(C)nc32)c1. The van der Waals surface area contributed by atoms with Crippen molar-refractivity contribution in [1.29, 1.82) is 0 Å². The lowest BCUT2D eigenvalue weighted by Gasteiger charge is -2.12. The van der Waals surface area contributed by atoms with Gasteiger partial charge in [-0.2, -0.15) is 0 Å². The summed E-state index contributed by atoms with van der Waals surface area (Å²) in [5, 5.41) is 1.13. The lowest BCUT2D eigenvalue weighted by Crippen LogP contribution is -2.24. The first kappa shape index (κ1) is 21.5. The van der Waals surface area contributed by atoms with E-state index in [0.717, 1.165) is 33.4 Å². The summed E-state index contributed by atoms with van der Waals surface area (Å²) in [6, 6.07) is 21.5. The van der Waals surface area contributed by atoms with Crippen LogP contribution in [0.15, 0.2) is 71.5 Å². The Balaban J connectivity index is 1.72. The molecule has 0 atom stereocenters. The molecule has 35 heavy (non-hydrogen) atoms. The van der Waals surface area contributed by atoms with E-state index in [1.165, 1.54) is 0 Å². The highest BCUT2D eigenvalue weighted by Gasteiger charge is 2.22. The fraction of sp³-hybridized carbons (Fsp3) is 0.143. The van der Waals surface area contributed by atoms with Crippen molar-refractivity contribution in [2.75, 3.05) is 0 Å². The summed E-state index contributed by atoms with van der Waals surface area (Å²) in [6.07, 6.45) is 0. The monoisotopic (exact) mass is 479 g/mol. The van der Waals surface area contributed by atoms with Gasteiger partial charge >= 0.3 is 0 Å². The maximum absolute atomic E-state index is 14.0. The molecule has 3 heterocycles. The molecule has 0 fully saturated rings. The van der Waals surface area contributed by atoms with Crippen LogP contribution in [0.5, 0.6) is 0 Å². The average Bonchev–Trinajstić information content (AvgIpc) is 3.13. The van der Waals surface area contributed by atoms with Gasteiger partial charge < -0.3 is 0 Å². The Bertz CT molecular complexity index is 1810. The first-order valence-corrected chi connectivity index (χ1v) is 11.8. The van der Waals surface area contributed by atoms with Gasteiger partial charge in [-0.3, -0.25) is 13.9 Å². The van der Waals surface area contributed by atoms with Gasteiger partial charge in [-0.15, -0.1) is 0 Å². The molecule has 7 heteroatoms. The molecular formula is C28H22ClN5O. The second kappa shape index (κ2) is 8.03. The van der Waals surface area contributed by atoms with E-state index in [0.29, 0.717) is 39.6 Å². The van der Waals surface area contributed by atoms with Gasteiger partial charge in [-0.25, -0.2) is 15.0 Å². The maximum Gasteiger partial charge on any atom is 0.265 e. The quantitative estimate of drug-likeness (QED) is 0.316. The highest BCUT2D eigenvalue weighted by molar-refractivity contribution is 6.30. The van der Waals surface area contributed by atoms with E-state index in [2.05, 4.69) is 32.0 Å². The molecule has 0 bridgehead atoms. The number of rotatable bonds is 3. The number of aromatic nitrogens is 5. The van der Waals surface area contributed by atoms with E-state index in [1.54, 1.807) is 4.57 Å². The van der Waals surface area contributed by atoms with Crippen molar-refractivity contribution in [3.63, 3.8) is 0 Å². The van der Waals surface area contributed by atoms with Crippen LogP contribution in [0, 0.1) is 20.8 Å². The van der Waals surface area contributed by atoms with Gasteiger partial charge in [0.2, 0.25) is 0 Å². The molecule has 0 aliphatic rings. The Morgan fingerprint density at radius 2 is 1.46 bits per heavy atom. The second-order valence-corrected chi connectivity index (χ2v) is 9.38. The van der Waals surface area contributed by atoms with E-state index in [-0.39, 0.29) is 5.56 Å². The van der Waals surface area contributed by atoms with Gasteiger partial charge in [0, 0.05) is 10.7 Å². The zero-order valence-electron chi connectivity index (χ0n) is 19.6. The van der Waals surface area contributed by atoms with Crippen LogP contribution in [0.1, 0.15) is 22.5 Å². The summed E-state index contributed by atoms with van der Waals surface area (Å²) in [7, 11) is 0. The standard InChI is InChI=1S/C28H22ClN5O/c1-16-12-17(2)14-21(13-16)34-26-24(25-27(34)32-23-7-5-4-6-22(23)31-25)28(35)33(18(3)30-26)15-19-8-10-20(29)11-9-19/h4-14H,15H2,1-3H3. The maximum atomic E-state index is 14.0. The van der Waals surface area contributed by atoms with Crippen molar-refractivity contribution in [3.05, 3.63) is 105 Å². The minimum atomic E-state index is -0.139. The molecule has 0 saturated heterocycles. The third-order valence-electron chi connectivity index (χ3n) is 6.27. The van der Waals surface area contributed by atoms with Crippen LogP contribution >= 0.6 is 11.6 Å². The number of nitrogens with zero attached hydrogens (tertiary/aromatic N) is 5. The molecule has 0 aliphatic heterocycles. The molecule has 3 aromatic carbocycles. The van der Waals surface area contributed by atoms with E-state index in [4.69, 9.17) is 26.6 Å². The van der Waals surface area contributed by atoms with E-state index in [1.807, 2.05) is 60.0 Å². The van der Waals surface area contributed by atoms with Gasteiger partial charge in [0.1, 0.15) is 16.7 Å². The number of aryl methyl sites for hydroxylation is 3. The molecule has 0 radical (unpaired) electrons. The molecule has 6 nitrogen and oxygen atoms in total. The summed E-state index contributed by atoms with van der Waals surface area (Å²) >= 11 is 6.05. The molecule has 6 aromatic rings. The zero-order valence-corrected chi connectivity index (χ0v) is 20.3. The van der Waals surface area contributed by atoms with Gasteiger partial charge in [-0.05, 0) is 73.9 Å². The predicted octanol–water partition coefficient (Wildman–Crippen LogP) is 5.91. The van der Waals surface area contributed by atoms with Crippen LogP contribution in [0.4, 0.5) is 0 Å². The Morgan fingerprint density at radius 1 is 0.800 bits per heavy atom. The van der Waals surface area contributed by atoms with Crippen LogP contribution in [-0.4, -0.2) is 24.1 Å². The van der Waals surface area contributed by atoms with Crippen LogP contribution in [0.2, 0.25) is 5.02 Å². The van der Waals surface area contributed by atoms with Crippen molar-refractivity contribution in [2.45, 2.75) is 27.3 Å². The van der Waals surface area contributed by atoms with Gasteiger partial charge in [0.05, 0.1) is 17.6 Å². The number of para-hydroxylation sites is 2. The first-order valence-electron chi connectivity index (χ1n) is 11.4. The van der Waals surface area contributed by atoms with Crippen molar-refractivity contribution < 1.29 is 0 Å². The normalized spacial score (nSPS) is 11.7. The second-order valence-electron chi connectivity index (χ2n) is 8.94. The molecular weight excluding hydrogens is 458 g/mol. The van der Waals surface area contributed by atoms with Crippen LogP contribution in [0.3, 0.4) is 0 Å². The third-order valence-corrected chi connectivity index (χ3v) is 6.52. The van der Waals surface area contributed by atoms with Crippen LogP contribution < -0.4 is 5.56 Å². The average molecular weight is 480 g/mol. The van der Waals surface area contributed by atoms with Gasteiger partial charge in [0.25, 0.3) is 5.56 Å². The minimum Gasteiger partial charge on any atom is -0.292 e. The number of hydrogen-bond donors (Lipinski definition) is 0. The molecule has 0 spiro atoms. The van der Waals surface area contributed by atoms with Gasteiger partial charge in [-0.1, -0.05) is 41.9 Å². The summed E-state index contributed by atoms with van der Waals surface area (Å²) in [5.41, 5.74) is 7.24. The summed E-state index contributed by atoms with van der Waals surface area (Å²) in [6.45, 7) is 6.37. The lowest BCUT2D eigenvalue weighted by atomic mass is 10.1. The predicted molar refractivity (Wildman–Crippen MR) is 141 cm³/mol. The van der Waals surface area contributed by atoms with Gasteiger partial charge in [0.15, 0.2) is 11.3 Å². The summed E-state index contributed by atoms with van der Waals surface area (Å²) < 4.78 is 3.65. The zero-order chi connectivity index (χ0) is 24.3. The largest absolute Gasteiger partial charge is 0.292 e. The van der Waals surface area contributed by atoms with E-state index in [9.17, 15) is 4.79 Å². The Kier molecular flexibility index (Phi) is 4.93. The van der Waals surface area contributed by atoms with Crippen molar-refractivity contribution in [1.82, 2.24) is 24.1 Å². The molecule has 0 aliphatic carbocycles. The smallest absolute Gasteiger partial charge is 0.265 e. The molecule has 0 saturated carbocycles. The number of halogens is 1. The summed E-state index contributed by atoms with van der Waals surface area (Å²) in [5.74, 6) is 0.621. The Hall–Kier alpha value is -4.03. The number of hydrogen-bond acceptors (Lipinski definition) is 4. The van der Waals surface area contributed by atoms with E-state index >= 15 is 0 Å². The number of fused-ring (bicyclic) bond motifs is 4. The van der Waals surface area contributed by atoms with Crippen LogP contribution in [-0.2, 0) is 6.54 Å². The fourth-order valence-corrected chi connectivity index (χ4v) is 4.84. The van der Waals surface area contributed by atoms with Crippen molar-refractivity contribution >= 4 is 44.8 Å². The highest BCUT2D eigenvalue weighted by atomic mass is 35.5. The highest BCUT2D eigenvalue weighted by Crippen LogP contribution is 2.29. The molecule has 0 unspecified atom stereocenters. The van der Waals surface area contributed by atoms with Crippen molar-refractivity contribution in [2.24, 2.45) is 0 Å². The summed E-state index contributed by atoms with van der Waals surface area (Å²) in [4.78, 5) is 28.7. The minimum absolute atomic E-state index is 0.139. The fourth-order valence-electron chi connectivity index (χ4n) is 4.71. The Morgan fingerprint density at radius 3 is 2.14 bits per heavy atom. The Labute approximate surface area is 206 Å². The number of benzene rings is 3. The van der Waals surface area contributed by atoms with E-state index < -0.39 is 0 Å². The van der Waals surface area contributed by atoms with Crippen molar-refractivity contribution in [3.8, 4) is 5.69 Å². The molecule has 172 valence electrons. The van der Waals surface area contributed by atoms with Crippen LogP contribution in [0.25, 0.3) is 38.9 Å². The first-order chi connectivity index (χ1) is 16.9. The topological polar surface area (TPSA) is 65.6 Å².